The van der Waals surface area contributed by atoms with Gasteiger partial charge in [-0.15, -0.1) is 0 Å². The molecular formula is C13H28N2O. The summed E-state index contributed by atoms with van der Waals surface area (Å²) in [6.45, 7) is 12.8. The molecule has 0 radical (unpaired) electrons. The Morgan fingerprint density at radius 3 is 2.38 bits per heavy atom. The normalized spacial score (nSPS) is 23.6. The Balaban J connectivity index is 2.64. The Morgan fingerprint density at radius 2 is 2.00 bits per heavy atom. The van der Waals surface area contributed by atoms with Crippen LogP contribution in [0.1, 0.15) is 34.1 Å². The van der Waals surface area contributed by atoms with E-state index in [2.05, 4.69) is 32.6 Å². The number of ether oxygens (including phenoxy) is 1. The van der Waals surface area contributed by atoms with Crippen molar-refractivity contribution in [3.8, 4) is 0 Å². The molecule has 1 aliphatic rings. The first kappa shape index (κ1) is 13.9. The van der Waals surface area contributed by atoms with Crippen LogP contribution in [0.2, 0.25) is 0 Å². The highest BCUT2D eigenvalue weighted by atomic mass is 16.5. The maximum atomic E-state index is 5.97. The smallest absolute Gasteiger partial charge is 0.0510 e. The van der Waals surface area contributed by atoms with E-state index in [0.29, 0.717) is 23.9 Å². The van der Waals surface area contributed by atoms with Crippen molar-refractivity contribution in [1.82, 2.24) is 4.90 Å². The molecule has 0 aromatic carbocycles. The summed E-state index contributed by atoms with van der Waals surface area (Å²) in [6.07, 6.45) is 1.17. The van der Waals surface area contributed by atoms with Gasteiger partial charge in [0.05, 0.1) is 6.61 Å². The molecule has 3 heteroatoms. The molecule has 2 atom stereocenters. The zero-order valence-corrected chi connectivity index (χ0v) is 11.3. The lowest BCUT2D eigenvalue weighted by atomic mass is 9.95. The lowest BCUT2D eigenvalue weighted by molar-refractivity contribution is 0.0860. The van der Waals surface area contributed by atoms with Crippen LogP contribution < -0.4 is 5.73 Å². The van der Waals surface area contributed by atoms with Gasteiger partial charge < -0.3 is 10.5 Å². The zero-order chi connectivity index (χ0) is 12.1. The molecule has 0 bridgehead atoms. The predicted octanol–water partition coefficient (Wildman–Crippen LogP) is 1.72. The third-order valence-electron chi connectivity index (χ3n) is 3.42. The SMILES string of the molecule is CC(C)CN(C(C)C)C(CN)C1CCOC1. The average Bonchev–Trinajstić information content (AvgIpc) is 2.70. The molecule has 0 aromatic rings. The van der Waals surface area contributed by atoms with E-state index < -0.39 is 0 Å². The van der Waals surface area contributed by atoms with Crippen LogP contribution in [0.5, 0.6) is 0 Å². The van der Waals surface area contributed by atoms with Crippen LogP contribution in [0.15, 0.2) is 0 Å². The summed E-state index contributed by atoms with van der Waals surface area (Å²) in [4.78, 5) is 2.56. The van der Waals surface area contributed by atoms with Crippen molar-refractivity contribution in [2.45, 2.75) is 46.2 Å². The minimum atomic E-state index is 0.491. The summed E-state index contributed by atoms with van der Waals surface area (Å²) >= 11 is 0. The van der Waals surface area contributed by atoms with E-state index in [1.807, 2.05) is 0 Å². The van der Waals surface area contributed by atoms with Crippen LogP contribution in [0.25, 0.3) is 0 Å². The maximum Gasteiger partial charge on any atom is 0.0510 e. The third kappa shape index (κ3) is 3.72. The Morgan fingerprint density at radius 1 is 1.31 bits per heavy atom. The maximum absolute atomic E-state index is 5.97. The number of hydrogen-bond donors (Lipinski definition) is 1. The van der Waals surface area contributed by atoms with Crippen LogP contribution >= 0.6 is 0 Å². The Bertz CT molecular complexity index is 188. The summed E-state index contributed by atoms with van der Waals surface area (Å²) in [6, 6.07) is 1.06. The first-order valence-corrected chi connectivity index (χ1v) is 6.59. The van der Waals surface area contributed by atoms with Crippen LogP contribution in [0, 0.1) is 11.8 Å². The quantitative estimate of drug-likeness (QED) is 0.752. The van der Waals surface area contributed by atoms with E-state index in [4.69, 9.17) is 10.5 Å². The molecule has 0 aliphatic carbocycles. The first-order chi connectivity index (χ1) is 7.56. The monoisotopic (exact) mass is 228 g/mol. The average molecular weight is 228 g/mol. The van der Waals surface area contributed by atoms with E-state index in [1.165, 1.54) is 6.42 Å². The van der Waals surface area contributed by atoms with Gasteiger partial charge in [-0.2, -0.15) is 0 Å². The highest BCUT2D eigenvalue weighted by molar-refractivity contribution is 4.85. The summed E-state index contributed by atoms with van der Waals surface area (Å²) in [5.74, 6) is 1.32. The van der Waals surface area contributed by atoms with E-state index in [9.17, 15) is 0 Å². The summed E-state index contributed by atoms with van der Waals surface area (Å²) in [5.41, 5.74) is 5.97. The van der Waals surface area contributed by atoms with Crippen molar-refractivity contribution in [2.75, 3.05) is 26.3 Å². The first-order valence-electron chi connectivity index (χ1n) is 6.59. The number of rotatable bonds is 6. The van der Waals surface area contributed by atoms with Crippen molar-refractivity contribution in [3.63, 3.8) is 0 Å². The Hall–Kier alpha value is -0.120. The van der Waals surface area contributed by atoms with E-state index in [1.54, 1.807) is 0 Å². The number of nitrogens with zero attached hydrogens (tertiary/aromatic N) is 1. The molecule has 1 fully saturated rings. The van der Waals surface area contributed by atoms with Crippen LogP contribution in [-0.4, -0.2) is 43.3 Å². The molecule has 16 heavy (non-hydrogen) atoms. The molecular weight excluding hydrogens is 200 g/mol. The van der Waals surface area contributed by atoms with E-state index >= 15 is 0 Å². The Kier molecular flexibility index (Phi) is 5.73. The van der Waals surface area contributed by atoms with Crippen molar-refractivity contribution < 1.29 is 4.74 Å². The Labute approximate surface area is 100 Å². The summed E-state index contributed by atoms with van der Waals surface area (Å²) in [7, 11) is 0. The molecule has 1 rings (SSSR count). The standard InChI is InChI=1S/C13H28N2O/c1-10(2)8-15(11(3)4)13(7-14)12-5-6-16-9-12/h10-13H,5-9,14H2,1-4H3. The fourth-order valence-corrected chi connectivity index (χ4v) is 2.61. The van der Waals surface area contributed by atoms with Gasteiger partial charge in [0.1, 0.15) is 0 Å². The van der Waals surface area contributed by atoms with Crippen LogP contribution in [0.3, 0.4) is 0 Å². The minimum absolute atomic E-state index is 0.491. The fraction of sp³-hybridized carbons (Fsp3) is 1.00. The molecule has 1 saturated heterocycles. The van der Waals surface area contributed by atoms with Gasteiger partial charge in [0, 0.05) is 37.7 Å². The molecule has 3 nitrogen and oxygen atoms in total. The predicted molar refractivity (Wildman–Crippen MR) is 68.4 cm³/mol. The molecule has 0 saturated carbocycles. The third-order valence-corrected chi connectivity index (χ3v) is 3.42. The van der Waals surface area contributed by atoms with Crippen LogP contribution in [0.4, 0.5) is 0 Å². The number of hydrogen-bond acceptors (Lipinski definition) is 3. The second-order valence-corrected chi connectivity index (χ2v) is 5.61. The van der Waals surface area contributed by atoms with Gasteiger partial charge in [0.25, 0.3) is 0 Å². The van der Waals surface area contributed by atoms with Gasteiger partial charge in [-0.25, -0.2) is 0 Å². The van der Waals surface area contributed by atoms with E-state index in [0.717, 1.165) is 26.3 Å². The van der Waals surface area contributed by atoms with Crippen molar-refractivity contribution >= 4 is 0 Å². The van der Waals surface area contributed by atoms with E-state index in [-0.39, 0.29) is 0 Å². The van der Waals surface area contributed by atoms with Gasteiger partial charge in [0.15, 0.2) is 0 Å². The van der Waals surface area contributed by atoms with Crippen LogP contribution in [-0.2, 0) is 4.74 Å². The molecule has 1 aliphatic heterocycles. The van der Waals surface area contributed by atoms with Gasteiger partial charge in [0.2, 0.25) is 0 Å². The number of nitrogens with two attached hydrogens (primary N) is 1. The summed E-state index contributed by atoms with van der Waals surface area (Å²) < 4.78 is 5.49. The molecule has 96 valence electrons. The lowest BCUT2D eigenvalue weighted by Gasteiger charge is -2.38. The highest BCUT2D eigenvalue weighted by Gasteiger charge is 2.30. The van der Waals surface area contributed by atoms with Crippen molar-refractivity contribution in [1.29, 1.82) is 0 Å². The second-order valence-electron chi connectivity index (χ2n) is 5.61. The largest absolute Gasteiger partial charge is 0.381 e. The van der Waals surface area contributed by atoms with Crippen molar-refractivity contribution in [3.05, 3.63) is 0 Å². The van der Waals surface area contributed by atoms with Gasteiger partial charge in [-0.05, 0) is 26.2 Å². The molecule has 0 spiro atoms. The highest BCUT2D eigenvalue weighted by Crippen LogP contribution is 2.23. The van der Waals surface area contributed by atoms with Gasteiger partial charge in [-0.3, -0.25) is 4.90 Å². The summed E-state index contributed by atoms with van der Waals surface area (Å²) in [5, 5.41) is 0. The molecule has 2 unspecified atom stereocenters. The van der Waals surface area contributed by atoms with Gasteiger partial charge in [-0.1, -0.05) is 13.8 Å². The molecule has 1 heterocycles. The zero-order valence-electron chi connectivity index (χ0n) is 11.3. The fourth-order valence-electron chi connectivity index (χ4n) is 2.61. The molecule has 0 aromatic heterocycles. The topological polar surface area (TPSA) is 38.5 Å². The molecule has 2 N–H and O–H groups in total. The van der Waals surface area contributed by atoms with Gasteiger partial charge >= 0.3 is 0 Å². The molecule has 0 amide bonds. The van der Waals surface area contributed by atoms with Crippen molar-refractivity contribution in [2.24, 2.45) is 17.6 Å². The minimum Gasteiger partial charge on any atom is -0.381 e. The lowest BCUT2D eigenvalue weighted by Crippen LogP contribution is -2.50. The second kappa shape index (κ2) is 6.58.